The minimum absolute atomic E-state index is 0.101. The summed E-state index contributed by atoms with van der Waals surface area (Å²) >= 11 is 6.21. The minimum atomic E-state index is -0.101. The van der Waals surface area contributed by atoms with Gasteiger partial charge in [-0.1, -0.05) is 11.6 Å². The summed E-state index contributed by atoms with van der Waals surface area (Å²) < 4.78 is 5.68. The second-order valence-corrected chi connectivity index (χ2v) is 5.36. The number of aryl methyl sites for hydroxylation is 1. The van der Waals surface area contributed by atoms with Gasteiger partial charge in [0.2, 0.25) is 0 Å². The van der Waals surface area contributed by atoms with E-state index in [1.165, 1.54) is 0 Å². The molecule has 1 N–H and O–H groups in total. The van der Waals surface area contributed by atoms with Gasteiger partial charge in [0.1, 0.15) is 5.75 Å². The molecule has 3 nitrogen and oxygen atoms in total. The zero-order valence-corrected chi connectivity index (χ0v) is 12.4. The molecule has 0 bridgehead atoms. The van der Waals surface area contributed by atoms with E-state index in [-0.39, 0.29) is 11.8 Å². The molecule has 1 atom stereocenters. The third-order valence-electron chi connectivity index (χ3n) is 3.57. The van der Waals surface area contributed by atoms with Crippen molar-refractivity contribution in [2.45, 2.75) is 39.7 Å². The zero-order valence-electron chi connectivity index (χ0n) is 11.7. The number of nitrogens with one attached hydrogen (secondary N) is 1. The van der Waals surface area contributed by atoms with Gasteiger partial charge >= 0.3 is 0 Å². The number of carbonyl (C=O) groups is 1. The second-order valence-electron chi connectivity index (χ2n) is 4.95. The van der Waals surface area contributed by atoms with E-state index in [2.05, 4.69) is 5.32 Å². The lowest BCUT2D eigenvalue weighted by atomic mass is 9.95. The maximum Gasteiger partial charge on any atom is 0.183 e. The molecule has 0 amide bonds. The molecular formula is C15H20ClNO2. The normalized spacial score (nSPS) is 18.6. The van der Waals surface area contributed by atoms with Gasteiger partial charge in [-0.3, -0.25) is 4.79 Å². The Balaban J connectivity index is 2.49. The molecule has 19 heavy (non-hydrogen) atoms. The highest BCUT2D eigenvalue weighted by atomic mass is 35.5. The fourth-order valence-electron chi connectivity index (χ4n) is 2.56. The second kappa shape index (κ2) is 5.93. The largest absolute Gasteiger partial charge is 0.493 e. The van der Waals surface area contributed by atoms with Crippen LogP contribution in [0.3, 0.4) is 0 Å². The Morgan fingerprint density at radius 1 is 1.53 bits per heavy atom. The van der Waals surface area contributed by atoms with Gasteiger partial charge in [-0.05, 0) is 57.4 Å². The van der Waals surface area contributed by atoms with Crippen LogP contribution in [0.4, 0.5) is 0 Å². The molecule has 0 radical (unpaired) electrons. The average Bonchev–Trinajstić information content (AvgIpc) is 2.89. The summed E-state index contributed by atoms with van der Waals surface area (Å²) in [5.41, 5.74) is 2.37. The third-order valence-corrected chi connectivity index (χ3v) is 3.97. The third kappa shape index (κ3) is 2.77. The van der Waals surface area contributed by atoms with Gasteiger partial charge in [0, 0.05) is 5.02 Å². The fraction of sp³-hybridized carbons (Fsp3) is 0.533. The monoisotopic (exact) mass is 281 g/mol. The van der Waals surface area contributed by atoms with Crippen molar-refractivity contribution in [3.05, 3.63) is 27.8 Å². The topological polar surface area (TPSA) is 38.3 Å². The van der Waals surface area contributed by atoms with E-state index < -0.39 is 0 Å². The molecule has 104 valence electrons. The number of rotatable bonds is 4. The van der Waals surface area contributed by atoms with Crippen molar-refractivity contribution in [3.8, 4) is 5.75 Å². The first-order chi connectivity index (χ1) is 9.06. The van der Waals surface area contributed by atoms with Crippen LogP contribution in [-0.2, 0) is 0 Å². The van der Waals surface area contributed by atoms with E-state index in [1.807, 2.05) is 26.8 Å². The Kier molecular flexibility index (Phi) is 4.48. The molecular weight excluding hydrogens is 262 g/mol. The Bertz CT molecular complexity index is 493. The zero-order chi connectivity index (χ0) is 14.0. The molecule has 1 aromatic carbocycles. The Hall–Kier alpha value is -1.06. The van der Waals surface area contributed by atoms with Crippen molar-refractivity contribution in [1.29, 1.82) is 0 Å². The van der Waals surface area contributed by atoms with E-state index in [1.54, 1.807) is 0 Å². The number of carbonyl (C=O) groups excluding carboxylic acids is 1. The van der Waals surface area contributed by atoms with Crippen LogP contribution in [0.25, 0.3) is 0 Å². The fourth-order valence-corrected chi connectivity index (χ4v) is 2.82. The van der Waals surface area contributed by atoms with Crippen LogP contribution in [0.15, 0.2) is 6.07 Å². The first-order valence-corrected chi connectivity index (χ1v) is 7.14. The number of Topliss-reactive ketones (excluding diaryl/α,β-unsaturated/α-hetero) is 1. The van der Waals surface area contributed by atoms with Crippen LogP contribution in [0.1, 0.15) is 41.3 Å². The minimum Gasteiger partial charge on any atom is -0.493 e. The predicted octanol–water partition coefficient (Wildman–Crippen LogP) is 3.29. The number of benzene rings is 1. The number of ketones is 1. The predicted molar refractivity (Wildman–Crippen MR) is 77.5 cm³/mol. The summed E-state index contributed by atoms with van der Waals surface area (Å²) in [7, 11) is 0. The Morgan fingerprint density at radius 2 is 2.26 bits per heavy atom. The summed E-state index contributed by atoms with van der Waals surface area (Å²) in [6.07, 6.45) is 1.92. The van der Waals surface area contributed by atoms with Crippen LogP contribution in [0.5, 0.6) is 5.75 Å². The molecule has 0 spiro atoms. The van der Waals surface area contributed by atoms with Crippen LogP contribution in [-0.4, -0.2) is 25.0 Å². The lowest BCUT2D eigenvalue weighted by Crippen LogP contribution is -2.31. The smallest absolute Gasteiger partial charge is 0.183 e. The van der Waals surface area contributed by atoms with Gasteiger partial charge in [-0.2, -0.15) is 0 Å². The van der Waals surface area contributed by atoms with Crippen molar-refractivity contribution in [3.63, 3.8) is 0 Å². The molecule has 2 rings (SSSR count). The molecule has 4 heteroatoms. The first kappa shape index (κ1) is 14.4. The Labute approximate surface area is 119 Å². The molecule has 0 aliphatic carbocycles. The summed E-state index contributed by atoms with van der Waals surface area (Å²) in [6, 6.07) is 1.76. The van der Waals surface area contributed by atoms with Gasteiger partial charge in [-0.15, -0.1) is 0 Å². The molecule has 1 fully saturated rings. The summed E-state index contributed by atoms with van der Waals surface area (Å²) in [5, 5.41) is 3.87. The number of hydrogen-bond acceptors (Lipinski definition) is 3. The van der Waals surface area contributed by atoms with Crippen LogP contribution < -0.4 is 10.1 Å². The Morgan fingerprint density at radius 3 is 2.84 bits per heavy atom. The van der Waals surface area contributed by atoms with E-state index in [4.69, 9.17) is 16.3 Å². The average molecular weight is 282 g/mol. The van der Waals surface area contributed by atoms with E-state index in [0.29, 0.717) is 22.9 Å². The van der Waals surface area contributed by atoms with Gasteiger partial charge < -0.3 is 10.1 Å². The molecule has 1 aliphatic rings. The van der Waals surface area contributed by atoms with E-state index in [9.17, 15) is 4.79 Å². The lowest BCUT2D eigenvalue weighted by molar-refractivity contribution is 0.0947. The van der Waals surface area contributed by atoms with Gasteiger partial charge in [0.25, 0.3) is 0 Å². The van der Waals surface area contributed by atoms with E-state index >= 15 is 0 Å². The number of ether oxygens (including phenoxy) is 1. The van der Waals surface area contributed by atoms with Crippen LogP contribution in [0, 0.1) is 13.8 Å². The quantitative estimate of drug-likeness (QED) is 0.861. The van der Waals surface area contributed by atoms with Crippen molar-refractivity contribution >= 4 is 17.4 Å². The summed E-state index contributed by atoms with van der Waals surface area (Å²) in [5.74, 6) is 0.784. The highest BCUT2D eigenvalue weighted by Gasteiger charge is 2.28. The lowest BCUT2D eigenvalue weighted by Gasteiger charge is -2.18. The van der Waals surface area contributed by atoms with Crippen molar-refractivity contribution in [1.82, 2.24) is 5.32 Å². The van der Waals surface area contributed by atoms with Crippen LogP contribution >= 0.6 is 11.6 Å². The van der Waals surface area contributed by atoms with Crippen molar-refractivity contribution in [2.24, 2.45) is 0 Å². The van der Waals surface area contributed by atoms with Crippen molar-refractivity contribution in [2.75, 3.05) is 13.2 Å². The first-order valence-electron chi connectivity index (χ1n) is 6.76. The van der Waals surface area contributed by atoms with Gasteiger partial charge in [0.05, 0.1) is 18.2 Å². The molecule has 1 unspecified atom stereocenters. The summed E-state index contributed by atoms with van der Waals surface area (Å²) in [6.45, 7) is 7.17. The molecule has 1 aromatic rings. The molecule has 0 saturated carbocycles. The van der Waals surface area contributed by atoms with Crippen LogP contribution in [0.2, 0.25) is 5.02 Å². The maximum absolute atomic E-state index is 12.7. The molecule has 1 heterocycles. The molecule has 1 saturated heterocycles. The van der Waals surface area contributed by atoms with Crippen molar-refractivity contribution < 1.29 is 9.53 Å². The molecule has 0 aromatic heterocycles. The standard InChI is InChI=1S/C15H20ClNO2/c1-4-19-15-9(2)8-11(16)10(3)13(15)14(18)12-6-5-7-17-12/h8,12,17H,4-7H2,1-3H3. The maximum atomic E-state index is 12.7. The SMILES string of the molecule is CCOc1c(C)cc(Cl)c(C)c1C(=O)C1CCCN1. The summed E-state index contributed by atoms with van der Waals surface area (Å²) in [4.78, 5) is 12.7. The number of halogens is 1. The molecule has 1 aliphatic heterocycles. The van der Waals surface area contributed by atoms with Gasteiger partial charge in [-0.25, -0.2) is 0 Å². The van der Waals surface area contributed by atoms with E-state index in [0.717, 1.165) is 30.5 Å². The highest BCUT2D eigenvalue weighted by Crippen LogP contribution is 2.34. The number of hydrogen-bond donors (Lipinski definition) is 1. The van der Waals surface area contributed by atoms with Gasteiger partial charge in [0.15, 0.2) is 5.78 Å². The highest BCUT2D eigenvalue weighted by molar-refractivity contribution is 6.32.